The third-order valence-corrected chi connectivity index (χ3v) is 5.08. The first-order valence-electron chi connectivity index (χ1n) is 10.2. The smallest absolute Gasteiger partial charge is 0.206 e. The SMILES string of the molecule is C=CCCc1ccc(CCc2ccc(-c3cc(F)c(C#CC(F)(F)F)c(F)c3)c(F)c2)cc1. The molecule has 0 aliphatic carbocycles. The van der Waals surface area contributed by atoms with Crippen LogP contribution in [0.2, 0.25) is 0 Å². The summed E-state index contributed by atoms with van der Waals surface area (Å²) in [6.07, 6.45) is 0.0720. The number of hydrogen-bond donors (Lipinski definition) is 0. The number of allylic oxidation sites excluding steroid dienone is 1. The molecule has 0 amide bonds. The average Bonchev–Trinajstić information content (AvgIpc) is 2.75. The molecule has 0 N–H and O–H groups in total. The lowest BCUT2D eigenvalue weighted by Gasteiger charge is -2.09. The highest BCUT2D eigenvalue weighted by atomic mass is 19.4. The van der Waals surface area contributed by atoms with Crippen molar-refractivity contribution in [1.29, 1.82) is 0 Å². The normalized spacial score (nSPS) is 11.1. The van der Waals surface area contributed by atoms with Crippen LogP contribution in [-0.2, 0) is 19.3 Å². The molecule has 0 nitrogen and oxygen atoms in total. The van der Waals surface area contributed by atoms with Crippen molar-refractivity contribution in [2.24, 2.45) is 0 Å². The van der Waals surface area contributed by atoms with E-state index in [-0.39, 0.29) is 11.1 Å². The summed E-state index contributed by atoms with van der Waals surface area (Å²) in [5, 5.41) is 0. The Bertz CT molecular complexity index is 1170. The number of benzene rings is 3. The van der Waals surface area contributed by atoms with Crippen LogP contribution in [0.4, 0.5) is 26.3 Å². The number of aryl methyl sites for hydroxylation is 3. The maximum Gasteiger partial charge on any atom is 0.458 e. The van der Waals surface area contributed by atoms with Gasteiger partial charge in [0.15, 0.2) is 0 Å². The summed E-state index contributed by atoms with van der Waals surface area (Å²) in [6, 6.07) is 14.0. The quantitative estimate of drug-likeness (QED) is 0.194. The Kier molecular flexibility index (Phi) is 7.65. The lowest BCUT2D eigenvalue weighted by Crippen LogP contribution is -2.02. The van der Waals surface area contributed by atoms with Crippen LogP contribution >= 0.6 is 0 Å². The number of halogens is 6. The highest BCUT2D eigenvalue weighted by molar-refractivity contribution is 5.66. The summed E-state index contributed by atoms with van der Waals surface area (Å²) in [5.41, 5.74) is 1.83. The number of hydrogen-bond acceptors (Lipinski definition) is 0. The molecule has 0 heterocycles. The molecule has 0 radical (unpaired) electrons. The van der Waals surface area contributed by atoms with Gasteiger partial charge in [0.1, 0.15) is 17.5 Å². The molecule has 0 aromatic heterocycles. The molecule has 3 aromatic carbocycles. The largest absolute Gasteiger partial charge is 0.458 e. The van der Waals surface area contributed by atoms with Gasteiger partial charge in [0, 0.05) is 11.5 Å². The Hall–Kier alpha value is -3.46. The summed E-state index contributed by atoms with van der Waals surface area (Å²) in [7, 11) is 0. The molecule has 3 rings (SSSR count). The zero-order chi connectivity index (χ0) is 24.0. The van der Waals surface area contributed by atoms with Crippen molar-refractivity contribution < 1.29 is 26.3 Å². The van der Waals surface area contributed by atoms with Crippen LogP contribution in [-0.4, -0.2) is 6.18 Å². The zero-order valence-electron chi connectivity index (χ0n) is 17.6. The minimum atomic E-state index is -4.88. The standard InChI is InChI=1S/C27H20F6/c1-2-3-4-18-5-7-19(8-6-18)9-10-20-11-12-22(24(28)15-20)21-16-25(29)23(26(30)17-21)13-14-27(31,32)33/h2,5-8,11-12,15-17H,1,3-4,9-10H2. The van der Waals surface area contributed by atoms with Gasteiger partial charge < -0.3 is 0 Å². The Morgan fingerprint density at radius 3 is 1.82 bits per heavy atom. The zero-order valence-corrected chi connectivity index (χ0v) is 17.6. The maximum absolute atomic E-state index is 14.7. The van der Waals surface area contributed by atoms with Crippen molar-refractivity contribution in [3.05, 3.63) is 107 Å². The van der Waals surface area contributed by atoms with Gasteiger partial charge in [0.05, 0.1) is 5.56 Å². The highest BCUT2D eigenvalue weighted by Gasteiger charge is 2.23. The molecule has 3 aromatic rings. The van der Waals surface area contributed by atoms with Crippen molar-refractivity contribution in [3.63, 3.8) is 0 Å². The second-order valence-electron chi connectivity index (χ2n) is 7.52. The Labute approximate surface area is 188 Å². The molecule has 0 aliphatic rings. The number of alkyl halides is 3. The van der Waals surface area contributed by atoms with Crippen LogP contribution in [0, 0.1) is 29.3 Å². The number of rotatable bonds is 7. The Morgan fingerprint density at radius 1 is 0.727 bits per heavy atom. The van der Waals surface area contributed by atoms with E-state index in [4.69, 9.17) is 0 Å². The molecule has 0 spiro atoms. The molecule has 0 saturated carbocycles. The fourth-order valence-electron chi connectivity index (χ4n) is 3.36. The van der Waals surface area contributed by atoms with Gasteiger partial charge in [-0.25, -0.2) is 13.2 Å². The topological polar surface area (TPSA) is 0 Å². The molecular weight excluding hydrogens is 438 g/mol. The summed E-state index contributed by atoms with van der Waals surface area (Å²) in [4.78, 5) is 0. The fraction of sp³-hybridized carbons (Fsp3) is 0.185. The van der Waals surface area contributed by atoms with Crippen molar-refractivity contribution in [2.45, 2.75) is 31.9 Å². The summed E-state index contributed by atoms with van der Waals surface area (Å²) < 4.78 is 79.6. The minimum Gasteiger partial charge on any atom is -0.206 e. The monoisotopic (exact) mass is 458 g/mol. The molecule has 170 valence electrons. The molecule has 6 heteroatoms. The van der Waals surface area contributed by atoms with E-state index in [2.05, 4.69) is 6.58 Å². The van der Waals surface area contributed by atoms with Gasteiger partial charge >= 0.3 is 6.18 Å². The van der Waals surface area contributed by atoms with Crippen LogP contribution in [0.1, 0.15) is 28.7 Å². The van der Waals surface area contributed by atoms with E-state index in [1.54, 1.807) is 6.07 Å². The van der Waals surface area contributed by atoms with E-state index in [9.17, 15) is 26.3 Å². The molecule has 0 unspecified atom stereocenters. The predicted molar refractivity (Wildman–Crippen MR) is 117 cm³/mol. The summed E-state index contributed by atoms with van der Waals surface area (Å²) in [5.74, 6) is -0.985. The molecule has 0 aliphatic heterocycles. The Balaban J connectivity index is 1.74. The first kappa shape index (κ1) is 24.2. The first-order valence-corrected chi connectivity index (χ1v) is 10.2. The Morgan fingerprint density at radius 2 is 1.27 bits per heavy atom. The van der Waals surface area contributed by atoms with Gasteiger partial charge in [-0.2, -0.15) is 13.2 Å². The van der Waals surface area contributed by atoms with Crippen molar-refractivity contribution in [2.75, 3.05) is 0 Å². The van der Waals surface area contributed by atoms with Crippen LogP contribution in [0.15, 0.2) is 67.3 Å². The molecule has 0 fully saturated rings. The van der Waals surface area contributed by atoms with E-state index in [0.29, 0.717) is 18.4 Å². The lowest BCUT2D eigenvalue weighted by molar-refractivity contribution is -0.0696. The molecule has 0 atom stereocenters. The molecular formula is C27H20F6. The van der Waals surface area contributed by atoms with Crippen LogP contribution in [0.25, 0.3) is 11.1 Å². The second kappa shape index (κ2) is 10.4. The first-order chi connectivity index (χ1) is 15.7. The van der Waals surface area contributed by atoms with Gasteiger partial charge in [-0.15, -0.1) is 6.58 Å². The molecule has 0 saturated heterocycles. The highest BCUT2D eigenvalue weighted by Crippen LogP contribution is 2.28. The van der Waals surface area contributed by atoms with Crippen LogP contribution < -0.4 is 0 Å². The van der Waals surface area contributed by atoms with Crippen LogP contribution in [0.5, 0.6) is 0 Å². The van der Waals surface area contributed by atoms with E-state index < -0.39 is 29.2 Å². The summed E-state index contributed by atoms with van der Waals surface area (Å²) in [6.45, 7) is 3.71. The van der Waals surface area contributed by atoms with E-state index >= 15 is 0 Å². The average molecular weight is 458 g/mol. The predicted octanol–water partition coefficient (Wildman–Crippen LogP) is 7.59. The van der Waals surface area contributed by atoms with Gasteiger partial charge in [-0.3, -0.25) is 0 Å². The van der Waals surface area contributed by atoms with Crippen LogP contribution in [0.3, 0.4) is 0 Å². The molecule has 33 heavy (non-hydrogen) atoms. The third-order valence-electron chi connectivity index (χ3n) is 5.08. The van der Waals surface area contributed by atoms with Crippen molar-refractivity contribution in [1.82, 2.24) is 0 Å². The second-order valence-corrected chi connectivity index (χ2v) is 7.52. The van der Waals surface area contributed by atoms with Crippen molar-refractivity contribution in [3.8, 4) is 23.0 Å². The maximum atomic E-state index is 14.7. The van der Waals surface area contributed by atoms with Crippen molar-refractivity contribution >= 4 is 0 Å². The van der Waals surface area contributed by atoms with Gasteiger partial charge in [0.25, 0.3) is 0 Å². The van der Waals surface area contributed by atoms with Gasteiger partial charge in [0.2, 0.25) is 0 Å². The van der Waals surface area contributed by atoms with E-state index in [1.807, 2.05) is 30.3 Å². The van der Waals surface area contributed by atoms with Gasteiger partial charge in [-0.05, 0) is 66.1 Å². The molecule has 0 bridgehead atoms. The fourth-order valence-corrected chi connectivity index (χ4v) is 3.36. The van der Waals surface area contributed by atoms with E-state index in [1.165, 1.54) is 23.6 Å². The minimum absolute atomic E-state index is 0.0570. The van der Waals surface area contributed by atoms with E-state index in [0.717, 1.165) is 36.5 Å². The summed E-state index contributed by atoms with van der Waals surface area (Å²) >= 11 is 0. The third kappa shape index (κ3) is 6.76. The lowest BCUT2D eigenvalue weighted by atomic mass is 9.98. The van der Waals surface area contributed by atoms with Gasteiger partial charge in [-0.1, -0.05) is 48.4 Å².